The average molecular weight is 158 g/mol. The molecule has 0 saturated carbocycles. The van der Waals surface area contributed by atoms with Gasteiger partial charge in [0, 0.05) is 0 Å². The summed E-state index contributed by atoms with van der Waals surface area (Å²) in [5.74, 6) is -0.765. The van der Waals surface area contributed by atoms with Gasteiger partial charge in [-0.25, -0.2) is 0 Å². The van der Waals surface area contributed by atoms with Gasteiger partial charge in [-0.15, -0.1) is 0 Å². The van der Waals surface area contributed by atoms with Crippen LogP contribution in [0.2, 0.25) is 0 Å². The van der Waals surface area contributed by atoms with Gasteiger partial charge in [-0.2, -0.15) is 0 Å². The molecular formula is C7H10O4. The Morgan fingerprint density at radius 1 is 1.73 bits per heavy atom. The molecule has 0 aromatic heterocycles. The molecule has 0 aromatic rings. The highest BCUT2D eigenvalue weighted by Gasteiger charge is 2.27. The Morgan fingerprint density at radius 2 is 2.45 bits per heavy atom. The molecule has 62 valence electrons. The number of rotatable bonds is 1. The zero-order chi connectivity index (χ0) is 8.27. The predicted molar refractivity (Wildman–Crippen MR) is 36.9 cm³/mol. The van der Waals surface area contributed by atoms with Crippen molar-refractivity contribution in [1.29, 1.82) is 0 Å². The summed E-state index contributed by atoms with van der Waals surface area (Å²) in [5, 5.41) is 17.2. The van der Waals surface area contributed by atoms with Crippen molar-refractivity contribution in [3.8, 4) is 0 Å². The number of carbonyl (C=O) groups is 1. The van der Waals surface area contributed by atoms with Crippen molar-refractivity contribution in [3.05, 3.63) is 12.0 Å². The van der Waals surface area contributed by atoms with Crippen molar-refractivity contribution in [3.63, 3.8) is 0 Å². The minimum atomic E-state index is -0.401. The maximum Gasteiger partial charge on any atom is 0.206 e. The largest absolute Gasteiger partial charge is 0.512 e. The lowest BCUT2D eigenvalue weighted by atomic mass is 9.98. The van der Waals surface area contributed by atoms with Crippen LogP contribution < -0.4 is 0 Å². The van der Waals surface area contributed by atoms with Crippen LogP contribution in [0.15, 0.2) is 12.0 Å². The first-order chi connectivity index (χ1) is 5.29. The van der Waals surface area contributed by atoms with E-state index < -0.39 is 5.92 Å². The van der Waals surface area contributed by atoms with E-state index in [4.69, 9.17) is 14.9 Å². The quantitative estimate of drug-likeness (QED) is 0.416. The van der Waals surface area contributed by atoms with Gasteiger partial charge in [-0.1, -0.05) is 0 Å². The topological polar surface area (TPSA) is 66.8 Å². The summed E-state index contributed by atoms with van der Waals surface area (Å²) < 4.78 is 4.82. The molecule has 1 unspecified atom stereocenters. The van der Waals surface area contributed by atoms with Gasteiger partial charge in [0.2, 0.25) is 5.78 Å². The predicted octanol–water partition coefficient (Wildman–Crippen LogP) is -0.0163. The molecule has 1 heterocycles. The molecule has 0 aromatic carbocycles. The monoisotopic (exact) mass is 158 g/mol. The third-order valence-corrected chi connectivity index (χ3v) is 1.68. The van der Waals surface area contributed by atoms with Crippen molar-refractivity contribution in [2.75, 3.05) is 13.2 Å². The summed E-state index contributed by atoms with van der Waals surface area (Å²) >= 11 is 0. The summed E-state index contributed by atoms with van der Waals surface area (Å²) in [5.41, 5.74) is 0. The Labute approximate surface area is 64.1 Å². The number of allylic oxidation sites excluding steroid dienone is 1. The zero-order valence-electron chi connectivity index (χ0n) is 5.99. The van der Waals surface area contributed by atoms with Crippen LogP contribution in [0.4, 0.5) is 0 Å². The second-order valence-electron chi connectivity index (χ2n) is 2.37. The third kappa shape index (κ3) is 1.51. The molecule has 0 radical (unpaired) electrons. The minimum Gasteiger partial charge on any atom is -0.512 e. The minimum absolute atomic E-state index is 0.0460. The van der Waals surface area contributed by atoms with E-state index in [1.165, 1.54) is 0 Å². The molecule has 0 spiro atoms. The van der Waals surface area contributed by atoms with E-state index in [2.05, 4.69) is 0 Å². The highest BCUT2D eigenvalue weighted by atomic mass is 16.5. The molecular weight excluding hydrogens is 148 g/mol. The Balaban J connectivity index is 2.67. The Hall–Kier alpha value is -1.03. The summed E-state index contributed by atoms with van der Waals surface area (Å²) in [4.78, 5) is 11.1. The number of Topliss-reactive ketones (excluding diaryl/α,β-unsaturated/α-hetero) is 1. The van der Waals surface area contributed by atoms with Gasteiger partial charge in [0.15, 0.2) is 5.76 Å². The molecule has 1 aliphatic rings. The number of aliphatic hydroxyl groups is 2. The summed E-state index contributed by atoms with van der Waals surface area (Å²) in [7, 11) is 0. The first kappa shape index (κ1) is 8.07. The molecule has 0 bridgehead atoms. The standard InChI is InChI=1S/C7H10O4/c8-3-5-1-2-11-6(4-9)7(5)10/h4-5,8-9H,1-3H2/b6-4+. The molecule has 0 amide bonds. The number of ether oxygens (including phenoxy) is 1. The fraction of sp³-hybridized carbons (Fsp3) is 0.571. The number of hydrogen-bond donors (Lipinski definition) is 2. The van der Waals surface area contributed by atoms with Crippen LogP contribution in [0.3, 0.4) is 0 Å². The Kier molecular flexibility index (Phi) is 2.48. The van der Waals surface area contributed by atoms with Crippen LogP contribution in [-0.4, -0.2) is 29.2 Å². The van der Waals surface area contributed by atoms with E-state index in [1.54, 1.807) is 0 Å². The molecule has 4 heteroatoms. The third-order valence-electron chi connectivity index (χ3n) is 1.68. The molecule has 2 N–H and O–H groups in total. The molecule has 1 atom stereocenters. The van der Waals surface area contributed by atoms with Crippen LogP contribution in [-0.2, 0) is 9.53 Å². The van der Waals surface area contributed by atoms with Crippen molar-refractivity contribution in [2.45, 2.75) is 6.42 Å². The van der Waals surface area contributed by atoms with Gasteiger partial charge < -0.3 is 14.9 Å². The molecule has 0 aliphatic carbocycles. The van der Waals surface area contributed by atoms with E-state index >= 15 is 0 Å². The van der Waals surface area contributed by atoms with E-state index in [-0.39, 0.29) is 18.1 Å². The number of ketones is 1. The average Bonchev–Trinajstić information content (AvgIpc) is 2.05. The first-order valence-electron chi connectivity index (χ1n) is 3.42. The Morgan fingerprint density at radius 3 is 3.00 bits per heavy atom. The van der Waals surface area contributed by atoms with Crippen LogP contribution in [0.5, 0.6) is 0 Å². The van der Waals surface area contributed by atoms with Crippen LogP contribution in [0.25, 0.3) is 0 Å². The smallest absolute Gasteiger partial charge is 0.206 e. The summed E-state index contributed by atoms with van der Waals surface area (Å²) in [6.07, 6.45) is 1.16. The molecule has 4 nitrogen and oxygen atoms in total. The number of hydrogen-bond acceptors (Lipinski definition) is 4. The van der Waals surface area contributed by atoms with Gasteiger partial charge in [0.25, 0.3) is 0 Å². The van der Waals surface area contributed by atoms with Crippen LogP contribution in [0, 0.1) is 5.92 Å². The van der Waals surface area contributed by atoms with E-state index in [9.17, 15) is 4.79 Å². The maximum atomic E-state index is 11.1. The van der Waals surface area contributed by atoms with Gasteiger partial charge in [0.05, 0.1) is 19.1 Å². The lowest BCUT2D eigenvalue weighted by molar-refractivity contribution is -0.127. The second kappa shape index (κ2) is 3.39. The molecule has 1 fully saturated rings. The zero-order valence-corrected chi connectivity index (χ0v) is 5.99. The van der Waals surface area contributed by atoms with Gasteiger partial charge >= 0.3 is 0 Å². The molecule has 1 saturated heterocycles. The molecule has 1 rings (SSSR count). The first-order valence-corrected chi connectivity index (χ1v) is 3.42. The van der Waals surface area contributed by atoms with Crippen LogP contribution in [0.1, 0.15) is 6.42 Å². The van der Waals surface area contributed by atoms with Gasteiger partial charge in [-0.3, -0.25) is 4.79 Å². The normalized spacial score (nSPS) is 28.6. The lowest BCUT2D eigenvalue weighted by Crippen LogP contribution is -2.28. The van der Waals surface area contributed by atoms with Crippen molar-refractivity contribution >= 4 is 5.78 Å². The van der Waals surface area contributed by atoms with Crippen molar-refractivity contribution in [1.82, 2.24) is 0 Å². The highest BCUT2D eigenvalue weighted by molar-refractivity contribution is 5.95. The number of carbonyl (C=O) groups excluding carboxylic acids is 1. The van der Waals surface area contributed by atoms with E-state index in [0.29, 0.717) is 19.3 Å². The van der Waals surface area contributed by atoms with E-state index in [0.717, 1.165) is 0 Å². The van der Waals surface area contributed by atoms with Gasteiger partial charge in [0.1, 0.15) is 6.26 Å². The van der Waals surface area contributed by atoms with E-state index in [1.807, 2.05) is 0 Å². The molecule has 1 aliphatic heterocycles. The van der Waals surface area contributed by atoms with Crippen molar-refractivity contribution < 1.29 is 19.7 Å². The Bertz CT molecular complexity index is 185. The molecule has 11 heavy (non-hydrogen) atoms. The fourth-order valence-electron chi connectivity index (χ4n) is 0.990. The second-order valence-corrected chi connectivity index (χ2v) is 2.37. The van der Waals surface area contributed by atoms with Gasteiger partial charge in [-0.05, 0) is 6.42 Å². The van der Waals surface area contributed by atoms with Crippen LogP contribution >= 0.6 is 0 Å². The fourth-order valence-corrected chi connectivity index (χ4v) is 0.990. The summed E-state index contributed by atoms with van der Waals surface area (Å²) in [6.45, 7) is 0.197. The lowest BCUT2D eigenvalue weighted by Gasteiger charge is -2.20. The highest BCUT2D eigenvalue weighted by Crippen LogP contribution is 2.17. The maximum absolute atomic E-state index is 11.1. The SMILES string of the molecule is O=C1/C(=C\O)OCCC1CO. The number of aliphatic hydroxyl groups excluding tert-OH is 2. The van der Waals surface area contributed by atoms with Crippen molar-refractivity contribution in [2.24, 2.45) is 5.92 Å². The summed E-state index contributed by atoms with van der Waals surface area (Å²) in [6, 6.07) is 0.